The van der Waals surface area contributed by atoms with Crippen molar-refractivity contribution in [3.63, 3.8) is 0 Å². The minimum absolute atomic E-state index is 0.0601. The SMILES string of the molecule is COc1cc(OC)c2ncc(C#N)c(NCCCC(=O)O)c2c1. The number of carbonyl (C=O) groups is 1. The zero-order valence-electron chi connectivity index (χ0n) is 12.9. The second-order valence-electron chi connectivity index (χ2n) is 4.81. The molecule has 2 aromatic rings. The van der Waals surface area contributed by atoms with Crippen LogP contribution in [0.15, 0.2) is 18.3 Å². The standard InChI is InChI=1S/C16H17N3O4/c1-22-11-6-12-15(18-5-3-4-14(20)21)10(8-17)9-19-16(12)13(7-11)23-2/h6-7,9H,3-5H2,1-2H3,(H,18,19)(H,20,21). The number of pyridine rings is 1. The molecule has 1 aromatic heterocycles. The van der Waals surface area contributed by atoms with Gasteiger partial charge in [0.2, 0.25) is 0 Å². The Hall–Kier alpha value is -3.01. The van der Waals surface area contributed by atoms with Crippen molar-refractivity contribution in [1.29, 1.82) is 5.26 Å². The number of aliphatic carboxylic acids is 1. The molecule has 0 aliphatic rings. The van der Waals surface area contributed by atoms with Crippen molar-refractivity contribution in [3.8, 4) is 17.6 Å². The summed E-state index contributed by atoms with van der Waals surface area (Å²) in [5.74, 6) is 0.271. The van der Waals surface area contributed by atoms with E-state index in [1.165, 1.54) is 13.3 Å². The Morgan fingerprint density at radius 2 is 2.17 bits per heavy atom. The fourth-order valence-corrected chi connectivity index (χ4v) is 2.25. The van der Waals surface area contributed by atoms with Gasteiger partial charge >= 0.3 is 5.97 Å². The summed E-state index contributed by atoms with van der Waals surface area (Å²) in [6.07, 6.45) is 1.98. The highest BCUT2D eigenvalue weighted by Gasteiger charge is 2.14. The third kappa shape index (κ3) is 3.61. The van der Waals surface area contributed by atoms with Gasteiger partial charge in [-0.2, -0.15) is 5.26 Å². The first kappa shape index (κ1) is 16.4. The summed E-state index contributed by atoms with van der Waals surface area (Å²) in [4.78, 5) is 14.9. The average Bonchev–Trinajstić information content (AvgIpc) is 2.57. The normalized spacial score (nSPS) is 10.1. The van der Waals surface area contributed by atoms with Crippen molar-refractivity contribution in [2.45, 2.75) is 12.8 Å². The summed E-state index contributed by atoms with van der Waals surface area (Å²) >= 11 is 0. The van der Waals surface area contributed by atoms with Crippen molar-refractivity contribution in [3.05, 3.63) is 23.9 Å². The van der Waals surface area contributed by atoms with E-state index in [0.29, 0.717) is 46.6 Å². The van der Waals surface area contributed by atoms with Gasteiger partial charge in [-0.3, -0.25) is 9.78 Å². The zero-order valence-corrected chi connectivity index (χ0v) is 12.9. The molecule has 7 heteroatoms. The predicted molar refractivity (Wildman–Crippen MR) is 84.9 cm³/mol. The first-order valence-electron chi connectivity index (χ1n) is 7.01. The van der Waals surface area contributed by atoms with Crippen LogP contribution in [0.3, 0.4) is 0 Å². The number of anilines is 1. The van der Waals surface area contributed by atoms with E-state index in [9.17, 15) is 10.1 Å². The molecule has 0 bridgehead atoms. The molecule has 0 aliphatic carbocycles. The van der Waals surface area contributed by atoms with Crippen LogP contribution in [0.1, 0.15) is 18.4 Å². The van der Waals surface area contributed by atoms with Crippen molar-refractivity contribution in [2.24, 2.45) is 0 Å². The first-order chi connectivity index (χ1) is 11.1. The number of hydrogen-bond donors (Lipinski definition) is 2. The minimum Gasteiger partial charge on any atom is -0.497 e. The largest absolute Gasteiger partial charge is 0.497 e. The maximum absolute atomic E-state index is 10.6. The molecule has 0 spiro atoms. The Morgan fingerprint density at radius 3 is 2.78 bits per heavy atom. The maximum atomic E-state index is 10.6. The second-order valence-corrected chi connectivity index (χ2v) is 4.81. The van der Waals surface area contributed by atoms with Gasteiger partial charge in [0.1, 0.15) is 23.1 Å². The smallest absolute Gasteiger partial charge is 0.303 e. The molecule has 0 radical (unpaired) electrons. The van der Waals surface area contributed by atoms with E-state index in [0.717, 1.165) is 0 Å². The molecule has 7 nitrogen and oxygen atoms in total. The molecule has 120 valence electrons. The van der Waals surface area contributed by atoms with Gasteiger partial charge < -0.3 is 19.9 Å². The number of ether oxygens (including phenoxy) is 2. The second kappa shape index (κ2) is 7.31. The van der Waals surface area contributed by atoms with Gasteiger partial charge in [0.25, 0.3) is 0 Å². The minimum atomic E-state index is -0.852. The van der Waals surface area contributed by atoms with Crippen LogP contribution in [0.25, 0.3) is 10.9 Å². The molecule has 1 heterocycles. The summed E-state index contributed by atoms with van der Waals surface area (Å²) in [6.45, 7) is 0.430. The number of fused-ring (bicyclic) bond motifs is 1. The van der Waals surface area contributed by atoms with E-state index in [-0.39, 0.29) is 6.42 Å². The van der Waals surface area contributed by atoms with Gasteiger partial charge in [-0.1, -0.05) is 0 Å². The van der Waals surface area contributed by atoms with Crippen molar-refractivity contribution in [1.82, 2.24) is 4.98 Å². The third-order valence-electron chi connectivity index (χ3n) is 3.36. The van der Waals surface area contributed by atoms with Crippen LogP contribution in [0.2, 0.25) is 0 Å². The summed E-state index contributed by atoms with van der Waals surface area (Å²) in [7, 11) is 3.08. The lowest BCUT2D eigenvalue weighted by molar-refractivity contribution is -0.137. The lowest BCUT2D eigenvalue weighted by Crippen LogP contribution is -2.07. The maximum Gasteiger partial charge on any atom is 0.303 e. The topological polar surface area (TPSA) is 104 Å². The average molecular weight is 315 g/mol. The van der Waals surface area contributed by atoms with E-state index in [1.54, 1.807) is 19.2 Å². The molecule has 0 fully saturated rings. The number of benzene rings is 1. The molecule has 0 atom stereocenters. The molecule has 0 aliphatic heterocycles. The first-order valence-corrected chi connectivity index (χ1v) is 7.01. The quantitative estimate of drug-likeness (QED) is 0.756. The summed E-state index contributed by atoms with van der Waals surface area (Å²) in [5, 5.41) is 21.8. The van der Waals surface area contributed by atoms with E-state index in [1.807, 2.05) is 0 Å². The number of nitrogens with one attached hydrogen (secondary N) is 1. The Balaban J connectivity index is 2.46. The number of carboxylic acid groups (broad SMARTS) is 1. The third-order valence-corrected chi connectivity index (χ3v) is 3.36. The molecule has 2 rings (SSSR count). The number of aromatic nitrogens is 1. The van der Waals surface area contributed by atoms with E-state index >= 15 is 0 Å². The van der Waals surface area contributed by atoms with Crippen LogP contribution in [0.4, 0.5) is 5.69 Å². The molecule has 2 N–H and O–H groups in total. The molecular formula is C16H17N3O4. The van der Waals surface area contributed by atoms with Crippen LogP contribution >= 0.6 is 0 Å². The Kier molecular flexibility index (Phi) is 5.20. The number of rotatable bonds is 7. The van der Waals surface area contributed by atoms with E-state index in [2.05, 4.69) is 16.4 Å². The summed E-state index contributed by atoms with van der Waals surface area (Å²) < 4.78 is 10.6. The number of carboxylic acids is 1. The van der Waals surface area contributed by atoms with Gasteiger partial charge in [0, 0.05) is 30.6 Å². The van der Waals surface area contributed by atoms with Gasteiger partial charge in [-0.15, -0.1) is 0 Å². The van der Waals surface area contributed by atoms with Crippen LogP contribution in [-0.4, -0.2) is 36.8 Å². The van der Waals surface area contributed by atoms with Crippen LogP contribution < -0.4 is 14.8 Å². The Bertz CT molecular complexity index is 768. The highest BCUT2D eigenvalue weighted by molar-refractivity contribution is 5.98. The number of nitrogens with zero attached hydrogens (tertiary/aromatic N) is 2. The molecule has 0 amide bonds. The van der Waals surface area contributed by atoms with Crippen molar-refractivity contribution in [2.75, 3.05) is 26.1 Å². The Labute approximate surface area is 133 Å². The fraction of sp³-hybridized carbons (Fsp3) is 0.312. The highest BCUT2D eigenvalue weighted by Crippen LogP contribution is 2.35. The van der Waals surface area contributed by atoms with Crippen LogP contribution in [0, 0.1) is 11.3 Å². The van der Waals surface area contributed by atoms with Crippen LogP contribution in [-0.2, 0) is 4.79 Å². The number of hydrogen-bond acceptors (Lipinski definition) is 6. The fourth-order valence-electron chi connectivity index (χ4n) is 2.25. The molecule has 0 unspecified atom stereocenters. The monoisotopic (exact) mass is 315 g/mol. The van der Waals surface area contributed by atoms with E-state index < -0.39 is 5.97 Å². The predicted octanol–water partition coefficient (Wildman–Crippen LogP) is 2.40. The van der Waals surface area contributed by atoms with Gasteiger partial charge in [0.05, 0.1) is 25.5 Å². The summed E-state index contributed by atoms with van der Waals surface area (Å²) in [6, 6.07) is 5.58. The van der Waals surface area contributed by atoms with Crippen LogP contribution in [0.5, 0.6) is 11.5 Å². The summed E-state index contributed by atoms with van der Waals surface area (Å²) in [5.41, 5.74) is 1.58. The highest BCUT2D eigenvalue weighted by atomic mass is 16.5. The van der Waals surface area contributed by atoms with Crippen molar-refractivity contribution < 1.29 is 19.4 Å². The molecular weight excluding hydrogens is 298 g/mol. The lowest BCUT2D eigenvalue weighted by atomic mass is 10.1. The number of nitriles is 1. The van der Waals surface area contributed by atoms with Gasteiger partial charge in [-0.25, -0.2) is 0 Å². The molecule has 0 saturated carbocycles. The van der Waals surface area contributed by atoms with Gasteiger partial charge in [0.15, 0.2) is 0 Å². The van der Waals surface area contributed by atoms with E-state index in [4.69, 9.17) is 14.6 Å². The van der Waals surface area contributed by atoms with Gasteiger partial charge in [-0.05, 0) is 12.5 Å². The zero-order chi connectivity index (χ0) is 16.8. The molecule has 23 heavy (non-hydrogen) atoms. The lowest BCUT2D eigenvalue weighted by Gasteiger charge is -2.14. The molecule has 1 aromatic carbocycles. The molecule has 0 saturated heterocycles. The van der Waals surface area contributed by atoms with Crippen molar-refractivity contribution >= 4 is 22.6 Å². The Morgan fingerprint density at radius 1 is 1.39 bits per heavy atom. The number of methoxy groups -OCH3 is 2.